The number of unbranched alkanes of at least 4 members (excludes halogenated alkanes) is 6. The molecular formula is C78H114N12O33. The first-order valence-corrected chi connectivity index (χ1v) is 41.0. The van der Waals surface area contributed by atoms with Gasteiger partial charge in [0.2, 0.25) is 17.7 Å². The number of hydrogen-bond acceptors (Lipinski definition) is 36. The number of carbonyl (C=O) groups excluding carboxylic acids is 9. The van der Waals surface area contributed by atoms with Gasteiger partial charge in [-0.2, -0.15) is 0 Å². The summed E-state index contributed by atoms with van der Waals surface area (Å²) in [5.74, 6) is -4.36. The van der Waals surface area contributed by atoms with Gasteiger partial charge in [0.25, 0.3) is 30.5 Å². The van der Waals surface area contributed by atoms with Crippen LogP contribution in [0.2, 0.25) is 0 Å². The van der Waals surface area contributed by atoms with Gasteiger partial charge >= 0.3 is 35.8 Å². The molecule has 45 heteroatoms. The molecule has 0 radical (unpaired) electrons. The fraction of sp³-hybridized carbons (Fsp3) is 0.654. The molecule has 3 saturated heterocycles. The molecule has 3 amide bonds. The van der Waals surface area contributed by atoms with Crippen LogP contribution in [0.5, 0.6) is 0 Å². The van der Waals surface area contributed by atoms with Crippen molar-refractivity contribution < 1.29 is 131 Å². The predicted molar refractivity (Wildman–Crippen MR) is 426 cm³/mol. The van der Waals surface area contributed by atoms with E-state index in [1.165, 1.54) is 14.7 Å². The zero-order valence-corrected chi connectivity index (χ0v) is 69.4. The Kier molecular flexibility index (Phi) is 50.8. The Morgan fingerprint density at radius 2 is 0.528 bits per heavy atom. The fourth-order valence-electron chi connectivity index (χ4n) is 13.1. The molecule has 3 N–H and O–H groups in total. The Labute approximate surface area is 709 Å². The molecule has 6 rings (SSSR count). The molecule has 0 spiro atoms. The maximum absolute atomic E-state index is 13.4. The highest BCUT2D eigenvalue weighted by Gasteiger charge is 2.42. The van der Waals surface area contributed by atoms with E-state index >= 15 is 0 Å². The van der Waals surface area contributed by atoms with E-state index in [-0.39, 0.29) is 110 Å². The topological polar surface area (TPSA) is 569 Å². The highest BCUT2D eigenvalue weighted by atomic mass is 17.0. The normalized spacial score (nSPS) is 15.9. The van der Waals surface area contributed by atoms with Gasteiger partial charge in [-0.15, -0.1) is 60.7 Å². The second-order valence-electron chi connectivity index (χ2n) is 28.6. The number of ether oxygens (including phenoxy) is 6. The SMILES string of the molecule is CC(NC(CCc1ccccc1)C(=O)OCCCCCO[N+](=O)[O-])C(=O)N1CCCC1C(=O)OCCCCCO[N+](=O)[O-].CC(NC(CCc1ccccc1)C(=O)OCCCCO[N+](=O)[O-])C(=O)N1CCCC1C(=O)OCCCCO[N+](=O)[O-].CC(NC(CCc1ccccc1)C(=O)OCCCO[N+](=O)[O-])C(=O)N1CCCC1C(=O)OCCCO[N+](=O)[O-]. The molecule has 684 valence electrons. The van der Waals surface area contributed by atoms with E-state index < -0.39 is 121 Å². The second-order valence-corrected chi connectivity index (χ2v) is 28.6. The number of rotatable bonds is 60. The van der Waals surface area contributed by atoms with Crippen LogP contribution in [0.3, 0.4) is 0 Å². The van der Waals surface area contributed by atoms with Gasteiger partial charge in [-0.05, 0) is 179 Å². The molecule has 3 aromatic carbocycles. The van der Waals surface area contributed by atoms with E-state index in [2.05, 4.69) is 45.0 Å². The Morgan fingerprint density at radius 3 is 0.789 bits per heavy atom. The zero-order valence-electron chi connectivity index (χ0n) is 69.4. The van der Waals surface area contributed by atoms with Crippen molar-refractivity contribution in [2.45, 2.75) is 229 Å². The maximum Gasteiger partial charge on any atom is 0.328 e. The molecule has 3 aliphatic rings. The minimum atomic E-state index is -0.929. The van der Waals surface area contributed by atoms with Crippen molar-refractivity contribution in [3.8, 4) is 0 Å². The lowest BCUT2D eigenvalue weighted by Crippen LogP contribution is -2.53. The number of benzene rings is 3. The van der Waals surface area contributed by atoms with Crippen LogP contribution in [-0.2, 0) is 120 Å². The number of amides is 3. The van der Waals surface area contributed by atoms with Crippen molar-refractivity contribution in [2.24, 2.45) is 0 Å². The molecule has 0 aliphatic carbocycles. The number of aryl methyl sites for hydroxylation is 3. The van der Waals surface area contributed by atoms with Crippen molar-refractivity contribution in [1.29, 1.82) is 0 Å². The monoisotopic (exact) mass is 1750 g/mol. The van der Waals surface area contributed by atoms with E-state index in [1.54, 1.807) is 20.8 Å². The van der Waals surface area contributed by atoms with Crippen LogP contribution in [0.1, 0.15) is 172 Å². The van der Waals surface area contributed by atoms with Gasteiger partial charge in [-0.25, -0.2) is 14.4 Å². The summed E-state index contributed by atoms with van der Waals surface area (Å²) >= 11 is 0. The summed E-state index contributed by atoms with van der Waals surface area (Å²) in [4.78, 5) is 208. The summed E-state index contributed by atoms with van der Waals surface area (Å²) in [5, 5.41) is 65.1. The highest BCUT2D eigenvalue weighted by Crippen LogP contribution is 2.25. The average Bonchev–Trinajstić information content (AvgIpc) is 1.73. The Morgan fingerprint density at radius 1 is 0.317 bits per heavy atom. The smallest absolute Gasteiger partial charge is 0.328 e. The first-order valence-electron chi connectivity index (χ1n) is 41.0. The molecule has 3 aliphatic heterocycles. The Hall–Kier alpha value is -12.0. The standard InChI is InChI=1S/C28H42N4O11.C26H38N4O11.C24H34N4O11/c1-22(26(33)30-17-11-14-25(30)28(35)41-19-8-4-10-21-43-32(38)39)29-24(16-15-23-12-5-2-6-13-23)27(34)40-18-7-3-9-20-42-31(36)37;1-20(24(31)28-15-9-12-23(28)26(33)39-17-6-8-19-41-30(36)37)27-22(14-13-21-10-3-2-4-11-21)25(32)38-16-5-7-18-40-29(34)35;1-18(22(29)26-13-5-10-21(26)24(31)37-15-7-17-39-28(34)35)25-20(12-11-19-8-3-2-4-9-19)23(30)36-14-6-16-38-27(32)33/h2,5-6,12-13,22,24-25,29H,3-4,7-11,14-21H2,1H3;2-4,10-11,20,22-23,27H,5-9,12-19H2,1H3;2-4,8-9,18,20-21,25H,5-7,10-17H2,1H3. The van der Waals surface area contributed by atoms with Crippen LogP contribution in [0.15, 0.2) is 91.0 Å². The molecule has 3 fully saturated rings. The summed E-state index contributed by atoms with van der Waals surface area (Å²) in [7, 11) is 0. The minimum absolute atomic E-state index is 0.0158. The first-order chi connectivity index (χ1) is 59.1. The second kappa shape index (κ2) is 60.5. The number of carbonyl (C=O) groups is 9. The van der Waals surface area contributed by atoms with E-state index in [4.69, 9.17) is 28.4 Å². The van der Waals surface area contributed by atoms with E-state index in [0.29, 0.717) is 161 Å². The largest absolute Gasteiger partial charge is 0.465 e. The molecule has 9 unspecified atom stereocenters. The summed E-state index contributed by atoms with van der Waals surface area (Å²) in [5.41, 5.74) is 3.02. The van der Waals surface area contributed by atoms with Gasteiger partial charge in [0.1, 0.15) is 36.3 Å². The number of hydrogen-bond donors (Lipinski definition) is 3. The number of nitrogens with one attached hydrogen (secondary N) is 3. The fourth-order valence-corrected chi connectivity index (χ4v) is 13.1. The van der Waals surface area contributed by atoms with Gasteiger partial charge in [-0.1, -0.05) is 91.0 Å². The molecule has 3 aromatic rings. The number of nitrogens with zero attached hydrogens (tertiary/aromatic N) is 9. The molecule has 0 saturated carbocycles. The Balaban J connectivity index is 0.000000388. The molecule has 0 aromatic heterocycles. The van der Waals surface area contributed by atoms with Crippen LogP contribution in [0, 0.1) is 60.7 Å². The van der Waals surface area contributed by atoms with Crippen molar-refractivity contribution in [2.75, 3.05) is 98.9 Å². The lowest BCUT2D eigenvalue weighted by atomic mass is 10.0. The minimum Gasteiger partial charge on any atom is -0.465 e. The maximum atomic E-state index is 13.4. The quantitative estimate of drug-likeness (QED) is 0.0190. The van der Waals surface area contributed by atoms with Gasteiger partial charge in [-0.3, -0.25) is 44.7 Å². The first kappa shape index (κ1) is 103. The number of likely N-dealkylation sites (tertiary alicyclic amines) is 3. The van der Waals surface area contributed by atoms with Crippen LogP contribution in [0.4, 0.5) is 0 Å². The molecule has 45 nitrogen and oxygen atoms in total. The lowest BCUT2D eigenvalue weighted by molar-refractivity contribution is -0.757. The predicted octanol–water partition coefficient (Wildman–Crippen LogP) is 6.06. The van der Waals surface area contributed by atoms with Crippen molar-refractivity contribution in [3.63, 3.8) is 0 Å². The van der Waals surface area contributed by atoms with Gasteiger partial charge < -0.3 is 72.1 Å². The summed E-state index contributed by atoms with van der Waals surface area (Å²) in [6, 6.07) is 21.5. The van der Waals surface area contributed by atoms with Gasteiger partial charge in [0.05, 0.1) is 97.4 Å². The molecule has 3 heterocycles. The van der Waals surface area contributed by atoms with Crippen molar-refractivity contribution in [1.82, 2.24) is 30.7 Å². The number of esters is 6. The highest BCUT2D eigenvalue weighted by molar-refractivity contribution is 5.90. The molecule has 9 atom stereocenters. The average molecular weight is 1750 g/mol. The molecular weight excluding hydrogens is 1630 g/mol. The summed E-state index contributed by atoms with van der Waals surface area (Å²) < 4.78 is 31.9. The van der Waals surface area contributed by atoms with Crippen molar-refractivity contribution in [3.05, 3.63) is 168 Å². The van der Waals surface area contributed by atoms with Crippen LogP contribution in [-0.4, -0.2) is 252 Å². The van der Waals surface area contributed by atoms with Gasteiger partial charge in [0, 0.05) is 32.5 Å². The third kappa shape index (κ3) is 43.9. The third-order valence-corrected chi connectivity index (χ3v) is 19.3. The van der Waals surface area contributed by atoms with Crippen LogP contribution < -0.4 is 16.0 Å². The molecule has 123 heavy (non-hydrogen) atoms. The van der Waals surface area contributed by atoms with Crippen LogP contribution in [0.25, 0.3) is 0 Å². The van der Waals surface area contributed by atoms with E-state index in [9.17, 15) is 104 Å². The molecule has 0 bridgehead atoms. The van der Waals surface area contributed by atoms with E-state index in [0.717, 1.165) is 16.7 Å². The third-order valence-electron chi connectivity index (χ3n) is 19.3. The van der Waals surface area contributed by atoms with Crippen LogP contribution >= 0.6 is 0 Å². The zero-order chi connectivity index (χ0) is 90.1. The summed E-state index contributed by atoms with van der Waals surface area (Å²) in [6.07, 6.45) is 10.7. The Bertz CT molecular complexity index is 3730. The summed E-state index contributed by atoms with van der Waals surface area (Å²) in [6.45, 7) is 5.50. The van der Waals surface area contributed by atoms with Crippen molar-refractivity contribution >= 4 is 53.5 Å². The lowest BCUT2D eigenvalue weighted by Gasteiger charge is -2.28. The van der Waals surface area contributed by atoms with Gasteiger partial charge in [0.15, 0.2) is 0 Å². The van der Waals surface area contributed by atoms with E-state index in [1.807, 2.05) is 91.0 Å².